The van der Waals surface area contributed by atoms with Gasteiger partial charge in [-0.2, -0.15) is 0 Å². The van der Waals surface area contributed by atoms with E-state index in [1.807, 2.05) is 0 Å². The Morgan fingerprint density at radius 1 is 0.696 bits per heavy atom. The van der Waals surface area contributed by atoms with Crippen molar-refractivity contribution in [2.45, 2.75) is 37.2 Å². The quantitative estimate of drug-likeness (QED) is 0.629. The SMILES string of the molecule is CC(C)C1(C(C)C)SCSC1(c1ccccc1)c1ccccc1. The van der Waals surface area contributed by atoms with Crippen molar-refractivity contribution < 1.29 is 0 Å². The van der Waals surface area contributed by atoms with Gasteiger partial charge >= 0.3 is 0 Å². The molecule has 2 aromatic carbocycles. The van der Waals surface area contributed by atoms with Gasteiger partial charge in [0, 0.05) is 9.83 Å². The van der Waals surface area contributed by atoms with Gasteiger partial charge in [0.05, 0.1) is 4.75 Å². The molecule has 1 aliphatic rings. The Balaban J connectivity index is 2.32. The summed E-state index contributed by atoms with van der Waals surface area (Å²) in [5, 5.41) is 1.15. The average molecular weight is 343 g/mol. The van der Waals surface area contributed by atoms with Crippen LogP contribution >= 0.6 is 23.5 Å². The summed E-state index contributed by atoms with van der Waals surface area (Å²) < 4.78 is 0.211. The van der Waals surface area contributed by atoms with Crippen molar-refractivity contribution in [1.29, 1.82) is 0 Å². The van der Waals surface area contributed by atoms with Gasteiger partial charge < -0.3 is 0 Å². The van der Waals surface area contributed by atoms with Gasteiger partial charge in [-0.1, -0.05) is 88.4 Å². The smallest absolute Gasteiger partial charge is 0.0817 e. The molecule has 1 aliphatic heterocycles. The van der Waals surface area contributed by atoms with E-state index in [9.17, 15) is 0 Å². The molecule has 1 saturated heterocycles. The first-order valence-electron chi connectivity index (χ1n) is 8.44. The maximum atomic E-state index is 2.40. The third kappa shape index (κ3) is 2.46. The van der Waals surface area contributed by atoms with E-state index in [1.54, 1.807) is 0 Å². The molecule has 0 radical (unpaired) electrons. The summed E-state index contributed by atoms with van der Waals surface area (Å²) in [5.74, 6) is 1.20. The molecular weight excluding hydrogens is 316 g/mol. The van der Waals surface area contributed by atoms with Gasteiger partial charge in [0.25, 0.3) is 0 Å². The third-order valence-electron chi connectivity index (χ3n) is 5.20. The van der Waals surface area contributed by atoms with E-state index in [0.717, 1.165) is 5.08 Å². The monoisotopic (exact) mass is 342 g/mol. The van der Waals surface area contributed by atoms with E-state index in [4.69, 9.17) is 0 Å². The first kappa shape index (κ1) is 17.0. The van der Waals surface area contributed by atoms with Crippen LogP contribution < -0.4 is 0 Å². The lowest BCUT2D eigenvalue weighted by Gasteiger charge is -2.51. The summed E-state index contributed by atoms with van der Waals surface area (Å²) in [7, 11) is 0. The molecule has 2 aromatic rings. The molecule has 0 nitrogen and oxygen atoms in total. The standard InChI is InChI=1S/C21H26S2/c1-16(2)20(17(3)4)21(23-15-22-20,18-11-7-5-8-12-18)19-13-9-6-10-14-19/h5-14,16-17H,15H2,1-4H3. The van der Waals surface area contributed by atoms with E-state index in [1.165, 1.54) is 11.1 Å². The van der Waals surface area contributed by atoms with Gasteiger partial charge in [0.1, 0.15) is 0 Å². The van der Waals surface area contributed by atoms with Crippen LogP contribution in [0.3, 0.4) is 0 Å². The maximum Gasteiger partial charge on any atom is 0.0817 e. The molecule has 2 heteroatoms. The summed E-state index contributed by atoms with van der Waals surface area (Å²) in [5.41, 5.74) is 2.90. The molecule has 0 atom stereocenters. The van der Waals surface area contributed by atoms with E-state index in [0.29, 0.717) is 11.8 Å². The fourth-order valence-electron chi connectivity index (χ4n) is 4.37. The average Bonchev–Trinajstić information content (AvgIpc) is 2.99. The first-order valence-corrected chi connectivity index (χ1v) is 10.4. The van der Waals surface area contributed by atoms with Gasteiger partial charge in [0.15, 0.2) is 0 Å². The Labute approximate surface area is 149 Å². The largest absolute Gasteiger partial charge is 0.141 e. The van der Waals surface area contributed by atoms with Crippen LogP contribution in [0.4, 0.5) is 0 Å². The van der Waals surface area contributed by atoms with Crippen molar-refractivity contribution in [3.05, 3.63) is 71.8 Å². The highest BCUT2D eigenvalue weighted by Crippen LogP contribution is 2.68. The summed E-state index contributed by atoms with van der Waals surface area (Å²) in [4.78, 5) is 0. The van der Waals surface area contributed by atoms with Gasteiger partial charge in [-0.25, -0.2) is 0 Å². The molecule has 122 valence electrons. The number of rotatable bonds is 4. The summed E-state index contributed by atoms with van der Waals surface area (Å²) in [6, 6.07) is 22.3. The lowest BCUT2D eigenvalue weighted by atomic mass is 9.68. The molecule has 23 heavy (non-hydrogen) atoms. The van der Waals surface area contributed by atoms with Crippen molar-refractivity contribution >= 4 is 23.5 Å². The van der Waals surface area contributed by atoms with E-state index < -0.39 is 0 Å². The predicted octanol–water partition coefficient (Wildman–Crippen LogP) is 6.42. The number of hydrogen-bond acceptors (Lipinski definition) is 2. The van der Waals surface area contributed by atoms with Crippen LogP contribution in [0.5, 0.6) is 0 Å². The van der Waals surface area contributed by atoms with Crippen LogP contribution in [0.25, 0.3) is 0 Å². The van der Waals surface area contributed by atoms with E-state index in [-0.39, 0.29) is 9.49 Å². The number of thioether (sulfide) groups is 2. The highest BCUT2D eigenvalue weighted by atomic mass is 32.2. The fraction of sp³-hybridized carbons (Fsp3) is 0.429. The van der Waals surface area contributed by atoms with Crippen LogP contribution in [0.2, 0.25) is 0 Å². The number of hydrogen-bond donors (Lipinski definition) is 0. The Bertz CT molecular complexity index is 584. The molecule has 3 rings (SSSR count). The van der Waals surface area contributed by atoms with Crippen molar-refractivity contribution in [2.75, 3.05) is 5.08 Å². The normalized spacial score (nSPS) is 19.4. The Hall–Kier alpha value is -0.860. The van der Waals surface area contributed by atoms with Gasteiger partial charge in [-0.05, 0) is 23.0 Å². The second-order valence-corrected chi connectivity index (χ2v) is 9.73. The van der Waals surface area contributed by atoms with Crippen LogP contribution in [0.1, 0.15) is 38.8 Å². The summed E-state index contributed by atoms with van der Waals surface area (Å²) in [6.07, 6.45) is 0. The second kappa shape index (κ2) is 6.57. The van der Waals surface area contributed by atoms with Crippen molar-refractivity contribution in [3.8, 4) is 0 Å². The van der Waals surface area contributed by atoms with Crippen molar-refractivity contribution in [3.63, 3.8) is 0 Å². The molecule has 1 fully saturated rings. The van der Waals surface area contributed by atoms with Crippen LogP contribution in [-0.2, 0) is 4.75 Å². The van der Waals surface area contributed by atoms with Crippen molar-refractivity contribution in [1.82, 2.24) is 0 Å². The molecule has 0 unspecified atom stereocenters. The molecular formula is C21H26S2. The second-order valence-electron chi connectivity index (χ2n) is 6.92. The van der Waals surface area contributed by atoms with Gasteiger partial charge in [-0.15, -0.1) is 23.5 Å². The predicted molar refractivity (Wildman–Crippen MR) is 106 cm³/mol. The van der Waals surface area contributed by atoms with Crippen LogP contribution in [-0.4, -0.2) is 9.83 Å². The molecule has 0 saturated carbocycles. The lowest BCUT2D eigenvalue weighted by molar-refractivity contribution is 0.287. The zero-order chi connectivity index (χ0) is 16.5. The minimum Gasteiger partial charge on any atom is -0.141 e. The minimum atomic E-state index is 0.0164. The Morgan fingerprint density at radius 3 is 1.52 bits per heavy atom. The molecule has 0 N–H and O–H groups in total. The molecule has 1 heterocycles. The van der Waals surface area contributed by atoms with Gasteiger partial charge in [0.2, 0.25) is 0 Å². The molecule has 0 spiro atoms. The summed E-state index contributed by atoms with van der Waals surface area (Å²) in [6.45, 7) is 9.61. The van der Waals surface area contributed by atoms with Gasteiger partial charge in [-0.3, -0.25) is 0 Å². The Morgan fingerprint density at radius 2 is 1.13 bits per heavy atom. The zero-order valence-electron chi connectivity index (χ0n) is 14.5. The topological polar surface area (TPSA) is 0 Å². The number of benzene rings is 2. The fourth-order valence-corrected chi connectivity index (χ4v) is 8.86. The Kier molecular flexibility index (Phi) is 4.85. The highest BCUT2D eigenvalue weighted by Gasteiger charge is 2.61. The molecule has 0 aromatic heterocycles. The lowest BCUT2D eigenvalue weighted by Crippen LogP contribution is -2.52. The van der Waals surface area contributed by atoms with E-state index >= 15 is 0 Å². The third-order valence-corrected chi connectivity index (χ3v) is 9.24. The van der Waals surface area contributed by atoms with Crippen molar-refractivity contribution in [2.24, 2.45) is 11.8 Å². The summed E-state index contributed by atoms with van der Waals surface area (Å²) >= 11 is 4.29. The molecule has 0 amide bonds. The minimum absolute atomic E-state index is 0.0164. The zero-order valence-corrected chi connectivity index (χ0v) is 16.1. The van der Waals surface area contributed by atoms with Crippen LogP contribution in [0, 0.1) is 11.8 Å². The first-order chi connectivity index (χ1) is 11.1. The van der Waals surface area contributed by atoms with E-state index in [2.05, 4.69) is 112 Å². The maximum absolute atomic E-state index is 2.40. The molecule has 0 bridgehead atoms. The highest BCUT2D eigenvalue weighted by molar-refractivity contribution is 8.20. The molecule has 0 aliphatic carbocycles. The van der Waals surface area contributed by atoms with Crippen LogP contribution in [0.15, 0.2) is 60.7 Å².